The Morgan fingerprint density at radius 3 is 2.71 bits per heavy atom. The van der Waals surface area contributed by atoms with Gasteiger partial charge in [0.05, 0.1) is 23.3 Å². The van der Waals surface area contributed by atoms with Gasteiger partial charge in [0.25, 0.3) is 5.91 Å². The lowest BCUT2D eigenvalue weighted by Gasteiger charge is -2.25. The Labute approximate surface area is 136 Å². The number of aliphatic hydroxyl groups is 1. The zero-order valence-electron chi connectivity index (χ0n) is 12.9. The molecule has 1 aromatic carbocycles. The van der Waals surface area contributed by atoms with Crippen molar-refractivity contribution in [1.29, 1.82) is 0 Å². The smallest absolute Gasteiger partial charge is 0.416 e. The molecule has 0 aliphatic carbocycles. The molecule has 2 aromatic rings. The first-order valence-corrected chi connectivity index (χ1v) is 7.47. The summed E-state index contributed by atoms with van der Waals surface area (Å²) < 4.78 is 43.9. The first-order chi connectivity index (χ1) is 11.3. The molecule has 0 spiro atoms. The van der Waals surface area contributed by atoms with E-state index in [-0.39, 0.29) is 18.9 Å². The molecule has 2 atom stereocenters. The third-order valence-corrected chi connectivity index (χ3v) is 4.12. The molecule has 4 nitrogen and oxygen atoms in total. The van der Waals surface area contributed by atoms with Gasteiger partial charge < -0.3 is 14.4 Å². The fraction of sp³-hybridized carbons (Fsp3) is 0.353. The highest BCUT2D eigenvalue weighted by molar-refractivity contribution is 5.94. The second-order valence-electron chi connectivity index (χ2n) is 5.93. The number of aryl methyl sites for hydroxylation is 1. The Balaban J connectivity index is 1.92. The summed E-state index contributed by atoms with van der Waals surface area (Å²) in [6, 6.07) is 5.83. The van der Waals surface area contributed by atoms with E-state index in [2.05, 4.69) is 0 Å². The molecule has 0 saturated carbocycles. The molecule has 24 heavy (non-hydrogen) atoms. The summed E-state index contributed by atoms with van der Waals surface area (Å²) in [5.74, 6) is 0.194. The van der Waals surface area contributed by atoms with Crippen LogP contribution in [0.3, 0.4) is 0 Å². The number of hydrogen-bond acceptors (Lipinski definition) is 3. The highest BCUT2D eigenvalue weighted by Gasteiger charge is 2.37. The minimum Gasteiger partial charge on any atom is -0.469 e. The molecule has 1 aliphatic heterocycles. The third-order valence-electron chi connectivity index (χ3n) is 4.12. The van der Waals surface area contributed by atoms with E-state index in [0.29, 0.717) is 16.9 Å². The molecule has 1 aliphatic rings. The van der Waals surface area contributed by atoms with Crippen LogP contribution in [0.15, 0.2) is 41.0 Å². The Hall–Kier alpha value is -2.28. The van der Waals surface area contributed by atoms with Crippen molar-refractivity contribution in [3.05, 3.63) is 59.0 Å². The largest absolute Gasteiger partial charge is 0.469 e. The standard InChI is InChI=1S/C17H16F3NO3/c1-10-5-12(9-24-10)16(23)21-8-14(22)7-15(21)11-3-2-4-13(6-11)17(18,19)20/h2-6,9,14-15,22H,7-8H2,1H3. The van der Waals surface area contributed by atoms with Gasteiger partial charge in [0.2, 0.25) is 0 Å². The van der Waals surface area contributed by atoms with Gasteiger partial charge >= 0.3 is 6.18 Å². The minimum absolute atomic E-state index is 0.0734. The van der Waals surface area contributed by atoms with Crippen molar-refractivity contribution in [2.45, 2.75) is 31.7 Å². The molecule has 1 fully saturated rings. The number of β-amino-alcohol motifs (C(OH)–C–C–N with tert-alkyl or cyclic N) is 1. The number of hydrogen-bond donors (Lipinski definition) is 1. The number of carbonyl (C=O) groups is 1. The Morgan fingerprint density at radius 1 is 1.33 bits per heavy atom. The monoisotopic (exact) mass is 339 g/mol. The van der Waals surface area contributed by atoms with Crippen molar-refractivity contribution in [3.8, 4) is 0 Å². The summed E-state index contributed by atoms with van der Waals surface area (Å²) in [6.45, 7) is 1.77. The van der Waals surface area contributed by atoms with Gasteiger partial charge in [0, 0.05) is 6.54 Å². The van der Waals surface area contributed by atoms with Crippen LogP contribution < -0.4 is 0 Å². The summed E-state index contributed by atoms with van der Waals surface area (Å²) in [6.07, 6.45) is -3.72. The molecule has 1 N–H and O–H groups in total. The Morgan fingerprint density at radius 2 is 2.08 bits per heavy atom. The fourth-order valence-electron chi connectivity index (χ4n) is 3.00. The molecular formula is C17H16F3NO3. The van der Waals surface area contributed by atoms with Gasteiger partial charge in [-0.15, -0.1) is 0 Å². The van der Waals surface area contributed by atoms with E-state index in [1.165, 1.54) is 17.2 Å². The molecule has 2 unspecified atom stereocenters. The number of rotatable bonds is 2. The van der Waals surface area contributed by atoms with Crippen LogP contribution in [0.5, 0.6) is 0 Å². The molecule has 0 bridgehead atoms. The highest BCUT2D eigenvalue weighted by atomic mass is 19.4. The zero-order chi connectivity index (χ0) is 17.5. The normalized spacial score (nSPS) is 21.3. The summed E-state index contributed by atoms with van der Waals surface area (Å²) in [5.41, 5.74) is -0.0959. The number of alkyl halides is 3. The van der Waals surface area contributed by atoms with Gasteiger partial charge in [-0.05, 0) is 37.1 Å². The van der Waals surface area contributed by atoms with Crippen LogP contribution >= 0.6 is 0 Å². The molecule has 1 amide bonds. The maximum absolute atomic E-state index is 12.9. The van der Waals surface area contributed by atoms with E-state index in [0.717, 1.165) is 12.1 Å². The number of furan rings is 1. The van der Waals surface area contributed by atoms with Crippen LogP contribution in [0.4, 0.5) is 13.2 Å². The van der Waals surface area contributed by atoms with E-state index < -0.39 is 23.9 Å². The lowest BCUT2D eigenvalue weighted by atomic mass is 10.0. The van der Waals surface area contributed by atoms with Gasteiger partial charge in [-0.2, -0.15) is 13.2 Å². The molecule has 1 aromatic heterocycles. The second kappa shape index (κ2) is 5.98. The minimum atomic E-state index is -4.45. The average Bonchev–Trinajstić information content (AvgIpc) is 3.12. The van der Waals surface area contributed by atoms with Crippen molar-refractivity contribution in [1.82, 2.24) is 4.90 Å². The van der Waals surface area contributed by atoms with E-state index in [1.54, 1.807) is 19.1 Å². The van der Waals surface area contributed by atoms with E-state index in [4.69, 9.17) is 4.42 Å². The average molecular weight is 339 g/mol. The number of carbonyl (C=O) groups excluding carboxylic acids is 1. The quantitative estimate of drug-likeness (QED) is 0.910. The molecule has 0 radical (unpaired) electrons. The number of halogens is 3. The molecular weight excluding hydrogens is 323 g/mol. The number of amides is 1. The molecule has 1 saturated heterocycles. The maximum Gasteiger partial charge on any atom is 0.416 e. The Kier molecular flexibility index (Phi) is 4.13. The van der Waals surface area contributed by atoms with E-state index >= 15 is 0 Å². The van der Waals surface area contributed by atoms with Crippen LogP contribution in [0.1, 0.15) is 39.7 Å². The van der Waals surface area contributed by atoms with Gasteiger partial charge in [0.15, 0.2) is 0 Å². The van der Waals surface area contributed by atoms with Crippen molar-refractivity contribution >= 4 is 5.91 Å². The van der Waals surface area contributed by atoms with Crippen molar-refractivity contribution < 1.29 is 27.5 Å². The van der Waals surface area contributed by atoms with Crippen LogP contribution in [0, 0.1) is 6.92 Å². The van der Waals surface area contributed by atoms with Crippen LogP contribution in [0.25, 0.3) is 0 Å². The molecule has 2 heterocycles. The predicted molar refractivity (Wildman–Crippen MR) is 79.3 cm³/mol. The van der Waals surface area contributed by atoms with Gasteiger partial charge in [0.1, 0.15) is 12.0 Å². The summed E-state index contributed by atoms with van der Waals surface area (Å²) in [7, 11) is 0. The summed E-state index contributed by atoms with van der Waals surface area (Å²) in [4.78, 5) is 14.0. The fourth-order valence-corrected chi connectivity index (χ4v) is 3.00. The number of aliphatic hydroxyl groups excluding tert-OH is 1. The van der Waals surface area contributed by atoms with Gasteiger partial charge in [-0.1, -0.05) is 12.1 Å². The lowest BCUT2D eigenvalue weighted by molar-refractivity contribution is -0.137. The summed E-state index contributed by atoms with van der Waals surface area (Å²) >= 11 is 0. The summed E-state index contributed by atoms with van der Waals surface area (Å²) in [5, 5.41) is 9.92. The van der Waals surface area contributed by atoms with Gasteiger partial charge in [-0.3, -0.25) is 4.79 Å². The Bertz CT molecular complexity index is 754. The van der Waals surface area contributed by atoms with Crippen molar-refractivity contribution in [2.24, 2.45) is 0 Å². The molecule has 7 heteroatoms. The predicted octanol–water partition coefficient (Wildman–Crippen LogP) is 3.55. The number of nitrogens with zero attached hydrogens (tertiary/aromatic N) is 1. The van der Waals surface area contributed by atoms with E-state index in [9.17, 15) is 23.1 Å². The first-order valence-electron chi connectivity index (χ1n) is 7.47. The lowest BCUT2D eigenvalue weighted by Crippen LogP contribution is -2.31. The first kappa shape index (κ1) is 16.6. The SMILES string of the molecule is Cc1cc(C(=O)N2CC(O)CC2c2cccc(C(F)(F)F)c2)co1. The maximum atomic E-state index is 12.9. The topological polar surface area (TPSA) is 53.7 Å². The van der Waals surface area contributed by atoms with Crippen molar-refractivity contribution in [2.75, 3.05) is 6.54 Å². The van der Waals surface area contributed by atoms with E-state index in [1.807, 2.05) is 0 Å². The van der Waals surface area contributed by atoms with Crippen LogP contribution in [-0.4, -0.2) is 28.6 Å². The number of benzene rings is 1. The molecule has 128 valence electrons. The third kappa shape index (κ3) is 3.17. The zero-order valence-corrected chi connectivity index (χ0v) is 12.9. The van der Waals surface area contributed by atoms with Crippen molar-refractivity contribution in [3.63, 3.8) is 0 Å². The number of likely N-dealkylation sites (tertiary alicyclic amines) is 1. The molecule has 3 rings (SSSR count). The van der Waals surface area contributed by atoms with Crippen LogP contribution in [-0.2, 0) is 6.18 Å². The highest BCUT2D eigenvalue weighted by Crippen LogP contribution is 2.37. The van der Waals surface area contributed by atoms with Gasteiger partial charge in [-0.25, -0.2) is 0 Å². The van der Waals surface area contributed by atoms with Crippen LogP contribution in [0.2, 0.25) is 0 Å². The second-order valence-corrected chi connectivity index (χ2v) is 5.93.